The minimum absolute atomic E-state index is 0.466. The van der Waals surface area contributed by atoms with E-state index in [1.54, 1.807) is 0 Å². The maximum atomic E-state index is 12.4. The van der Waals surface area contributed by atoms with Gasteiger partial charge < -0.3 is 9.47 Å². The highest BCUT2D eigenvalue weighted by atomic mass is 16.6. The van der Waals surface area contributed by atoms with Gasteiger partial charge in [0.25, 0.3) is 0 Å². The quantitative estimate of drug-likeness (QED) is 0.679. The molecule has 1 aliphatic rings. The second-order valence-corrected chi connectivity index (χ2v) is 7.62. The first kappa shape index (κ1) is 18.6. The minimum Gasteiger partial charge on any atom is -0.442 e. The topological polar surface area (TPSA) is 59.1 Å². The van der Waals surface area contributed by atoms with Crippen LogP contribution in [0.4, 0.5) is 9.59 Å². The standard InChI is InChI=1S/C16H30N2O4/c1-15(2,3)21-13(19)17-11-9-7-8-10-12-18(17)14(20)22-16(4,5)6/h7-12H2,1-6H3. The van der Waals surface area contributed by atoms with Gasteiger partial charge in [0, 0.05) is 13.1 Å². The molecule has 1 rings (SSSR count). The van der Waals surface area contributed by atoms with Crippen LogP contribution in [-0.4, -0.2) is 46.5 Å². The van der Waals surface area contributed by atoms with E-state index in [0.29, 0.717) is 13.1 Å². The van der Waals surface area contributed by atoms with Crippen LogP contribution in [-0.2, 0) is 9.47 Å². The summed E-state index contributed by atoms with van der Waals surface area (Å²) < 4.78 is 10.8. The molecule has 1 aliphatic heterocycles. The monoisotopic (exact) mass is 314 g/mol. The number of hydrogen-bond donors (Lipinski definition) is 0. The van der Waals surface area contributed by atoms with E-state index in [2.05, 4.69) is 0 Å². The summed E-state index contributed by atoms with van der Waals surface area (Å²) in [6, 6.07) is 0. The highest BCUT2D eigenvalue weighted by Gasteiger charge is 2.33. The van der Waals surface area contributed by atoms with Gasteiger partial charge in [-0.3, -0.25) is 0 Å². The molecule has 6 nitrogen and oxygen atoms in total. The number of hydrogen-bond acceptors (Lipinski definition) is 4. The van der Waals surface area contributed by atoms with E-state index in [-0.39, 0.29) is 0 Å². The lowest BCUT2D eigenvalue weighted by Crippen LogP contribution is -2.53. The highest BCUT2D eigenvalue weighted by Crippen LogP contribution is 2.19. The molecule has 0 aromatic carbocycles. The molecule has 0 N–H and O–H groups in total. The SMILES string of the molecule is CC(C)(C)OC(=O)N1CCCCCCN1C(=O)OC(C)(C)C. The minimum atomic E-state index is -0.598. The fraction of sp³-hybridized carbons (Fsp3) is 0.875. The van der Waals surface area contributed by atoms with Crippen LogP contribution in [0.15, 0.2) is 0 Å². The molecule has 0 aromatic rings. The van der Waals surface area contributed by atoms with Crippen molar-refractivity contribution in [3.63, 3.8) is 0 Å². The second-order valence-electron chi connectivity index (χ2n) is 7.62. The summed E-state index contributed by atoms with van der Waals surface area (Å²) >= 11 is 0. The van der Waals surface area contributed by atoms with Crippen LogP contribution in [0.25, 0.3) is 0 Å². The van der Waals surface area contributed by atoms with Crippen LogP contribution in [0, 0.1) is 0 Å². The van der Waals surface area contributed by atoms with Crippen molar-refractivity contribution in [1.82, 2.24) is 10.0 Å². The van der Waals surface area contributed by atoms with Crippen LogP contribution in [0.1, 0.15) is 67.2 Å². The normalized spacial score (nSPS) is 17.5. The van der Waals surface area contributed by atoms with Gasteiger partial charge in [0.2, 0.25) is 0 Å². The summed E-state index contributed by atoms with van der Waals surface area (Å²) in [6.07, 6.45) is 2.78. The lowest BCUT2D eigenvalue weighted by molar-refractivity contribution is -0.0660. The highest BCUT2D eigenvalue weighted by molar-refractivity contribution is 5.74. The molecule has 22 heavy (non-hydrogen) atoms. The van der Waals surface area contributed by atoms with Crippen LogP contribution in [0.2, 0.25) is 0 Å². The molecule has 0 bridgehead atoms. The molecular weight excluding hydrogens is 284 g/mol. The summed E-state index contributed by atoms with van der Waals surface area (Å²) in [5, 5.41) is 2.77. The van der Waals surface area contributed by atoms with Crippen molar-refractivity contribution in [1.29, 1.82) is 0 Å². The van der Waals surface area contributed by atoms with Crippen LogP contribution < -0.4 is 0 Å². The molecule has 1 saturated heterocycles. The van der Waals surface area contributed by atoms with Crippen molar-refractivity contribution in [2.45, 2.75) is 78.4 Å². The zero-order valence-electron chi connectivity index (χ0n) is 14.8. The molecule has 128 valence electrons. The number of carbonyl (C=O) groups is 2. The molecule has 0 saturated carbocycles. The van der Waals surface area contributed by atoms with Crippen LogP contribution in [0.5, 0.6) is 0 Å². The third kappa shape index (κ3) is 6.54. The largest absolute Gasteiger partial charge is 0.442 e. The Kier molecular flexibility index (Phi) is 6.08. The molecule has 0 spiro atoms. The molecule has 0 unspecified atom stereocenters. The predicted octanol–water partition coefficient (Wildman–Crippen LogP) is 3.95. The number of ether oxygens (including phenoxy) is 2. The zero-order chi connectivity index (χ0) is 17.0. The fourth-order valence-corrected chi connectivity index (χ4v) is 2.13. The Morgan fingerprint density at radius 2 is 1.00 bits per heavy atom. The van der Waals surface area contributed by atoms with Crippen molar-refractivity contribution in [2.75, 3.05) is 13.1 Å². The Labute approximate surface area is 133 Å². The van der Waals surface area contributed by atoms with Crippen molar-refractivity contribution >= 4 is 12.2 Å². The Balaban J connectivity index is 2.89. The van der Waals surface area contributed by atoms with Crippen molar-refractivity contribution < 1.29 is 19.1 Å². The number of hydrazine groups is 1. The first-order chi connectivity index (χ1) is 9.99. The number of carbonyl (C=O) groups excluding carboxylic acids is 2. The maximum Gasteiger partial charge on any atom is 0.429 e. The van der Waals surface area contributed by atoms with E-state index in [1.165, 1.54) is 10.0 Å². The van der Waals surface area contributed by atoms with Crippen LogP contribution in [0.3, 0.4) is 0 Å². The van der Waals surface area contributed by atoms with Gasteiger partial charge in [-0.25, -0.2) is 19.6 Å². The molecule has 1 fully saturated rings. The Morgan fingerprint density at radius 3 is 1.27 bits per heavy atom. The van der Waals surface area contributed by atoms with E-state index in [0.717, 1.165) is 25.7 Å². The first-order valence-electron chi connectivity index (χ1n) is 8.00. The Bertz CT molecular complexity index is 358. The predicted molar refractivity (Wildman–Crippen MR) is 84.3 cm³/mol. The summed E-state index contributed by atoms with van der Waals surface area (Å²) in [6.45, 7) is 11.8. The Morgan fingerprint density at radius 1 is 0.682 bits per heavy atom. The first-order valence-corrected chi connectivity index (χ1v) is 8.00. The third-order valence-electron chi connectivity index (χ3n) is 2.99. The van der Waals surface area contributed by atoms with E-state index in [1.807, 2.05) is 41.5 Å². The lowest BCUT2D eigenvalue weighted by Gasteiger charge is -2.37. The van der Waals surface area contributed by atoms with Crippen molar-refractivity contribution in [2.24, 2.45) is 0 Å². The smallest absolute Gasteiger partial charge is 0.429 e. The van der Waals surface area contributed by atoms with Gasteiger partial charge in [-0.1, -0.05) is 12.8 Å². The molecular formula is C16H30N2O4. The average Bonchev–Trinajstić information content (AvgIpc) is 2.22. The van der Waals surface area contributed by atoms with Gasteiger partial charge >= 0.3 is 12.2 Å². The maximum absolute atomic E-state index is 12.4. The van der Waals surface area contributed by atoms with Crippen molar-refractivity contribution in [3.8, 4) is 0 Å². The molecule has 0 aromatic heterocycles. The second kappa shape index (κ2) is 7.20. The summed E-state index contributed by atoms with van der Waals surface area (Å²) in [4.78, 5) is 24.8. The van der Waals surface area contributed by atoms with E-state index < -0.39 is 23.4 Å². The van der Waals surface area contributed by atoms with Gasteiger partial charge in [0.1, 0.15) is 11.2 Å². The number of rotatable bonds is 0. The van der Waals surface area contributed by atoms with Gasteiger partial charge in [-0.05, 0) is 54.4 Å². The molecule has 0 aliphatic carbocycles. The van der Waals surface area contributed by atoms with Gasteiger partial charge in [-0.15, -0.1) is 0 Å². The van der Waals surface area contributed by atoms with E-state index >= 15 is 0 Å². The van der Waals surface area contributed by atoms with Gasteiger partial charge in [-0.2, -0.15) is 0 Å². The number of amides is 2. The molecule has 0 radical (unpaired) electrons. The van der Waals surface area contributed by atoms with Gasteiger partial charge in [0.05, 0.1) is 0 Å². The zero-order valence-corrected chi connectivity index (χ0v) is 14.8. The number of nitrogens with zero attached hydrogens (tertiary/aromatic N) is 2. The van der Waals surface area contributed by atoms with Gasteiger partial charge in [0.15, 0.2) is 0 Å². The van der Waals surface area contributed by atoms with Crippen LogP contribution >= 0.6 is 0 Å². The molecule has 6 heteroatoms. The molecule has 2 amide bonds. The third-order valence-corrected chi connectivity index (χ3v) is 2.99. The summed E-state index contributed by atoms with van der Waals surface area (Å²) in [5.74, 6) is 0. The summed E-state index contributed by atoms with van der Waals surface area (Å²) in [7, 11) is 0. The summed E-state index contributed by atoms with van der Waals surface area (Å²) in [5.41, 5.74) is -1.20. The fourth-order valence-electron chi connectivity index (χ4n) is 2.13. The molecule has 0 atom stereocenters. The average molecular weight is 314 g/mol. The van der Waals surface area contributed by atoms with E-state index in [4.69, 9.17) is 9.47 Å². The molecule has 1 heterocycles. The Hall–Kier alpha value is -1.46. The lowest BCUT2D eigenvalue weighted by atomic mass is 10.1. The van der Waals surface area contributed by atoms with E-state index in [9.17, 15) is 9.59 Å². The van der Waals surface area contributed by atoms with Crippen molar-refractivity contribution in [3.05, 3.63) is 0 Å².